The Labute approximate surface area is 253 Å². The van der Waals surface area contributed by atoms with Gasteiger partial charge in [-0.15, -0.1) is 0 Å². The van der Waals surface area contributed by atoms with Gasteiger partial charge in [0.25, 0.3) is 5.78 Å². The molecule has 1 aliphatic heterocycles. The number of benzene rings is 2. The summed E-state index contributed by atoms with van der Waals surface area (Å²) in [7, 11) is 0. The van der Waals surface area contributed by atoms with E-state index in [1.165, 1.54) is 18.2 Å². The second kappa shape index (κ2) is 14.1. The molecule has 1 aromatic heterocycles. The van der Waals surface area contributed by atoms with Crippen molar-refractivity contribution < 1.29 is 38.1 Å². The van der Waals surface area contributed by atoms with Crippen LogP contribution in [0.5, 0.6) is 11.5 Å². The number of aryl methyl sites for hydroxylation is 1. The van der Waals surface area contributed by atoms with E-state index >= 15 is 0 Å². The summed E-state index contributed by atoms with van der Waals surface area (Å²) in [6, 6.07) is 8.78. The highest BCUT2D eigenvalue weighted by atomic mass is 32.1. The molecule has 2 heterocycles. The summed E-state index contributed by atoms with van der Waals surface area (Å²) in [6.45, 7) is 9.84. The molecule has 0 aliphatic carbocycles. The molecule has 2 aromatic carbocycles. The van der Waals surface area contributed by atoms with E-state index in [9.17, 15) is 23.9 Å². The van der Waals surface area contributed by atoms with Crippen LogP contribution in [-0.2, 0) is 14.3 Å². The van der Waals surface area contributed by atoms with Gasteiger partial charge in [0.1, 0.15) is 23.1 Å². The topological polar surface area (TPSA) is 115 Å². The molecule has 226 valence electrons. The van der Waals surface area contributed by atoms with Crippen LogP contribution in [0.3, 0.4) is 0 Å². The Hall–Kier alpha value is -4.51. The summed E-state index contributed by atoms with van der Waals surface area (Å²) >= 11 is 0.888. The van der Waals surface area contributed by atoms with Crippen LogP contribution in [0.1, 0.15) is 65.6 Å². The van der Waals surface area contributed by atoms with Gasteiger partial charge in [0, 0.05) is 5.56 Å². The van der Waals surface area contributed by atoms with Gasteiger partial charge in [-0.05, 0) is 62.2 Å². The maximum Gasteiger partial charge on any atom is 0.350 e. The maximum atomic E-state index is 13.7. The van der Waals surface area contributed by atoms with E-state index in [1.54, 1.807) is 25.1 Å². The zero-order valence-corrected chi connectivity index (χ0v) is 25.0. The predicted octanol–water partition coefficient (Wildman–Crippen LogP) is 6.53. The molecule has 9 nitrogen and oxygen atoms in total. The van der Waals surface area contributed by atoms with E-state index in [2.05, 4.69) is 18.5 Å². The van der Waals surface area contributed by atoms with Crippen molar-refractivity contribution in [2.45, 2.75) is 46.1 Å². The van der Waals surface area contributed by atoms with Crippen LogP contribution >= 0.6 is 11.3 Å². The van der Waals surface area contributed by atoms with Gasteiger partial charge in [0.05, 0.1) is 30.5 Å². The molecule has 1 N–H and O–H groups in total. The number of ketones is 1. The number of aliphatic hydroxyl groups is 1. The highest BCUT2D eigenvalue weighted by Crippen LogP contribution is 2.45. The van der Waals surface area contributed by atoms with E-state index in [-0.39, 0.29) is 27.8 Å². The number of carbonyl (C=O) groups excluding carboxylic acids is 3. The van der Waals surface area contributed by atoms with E-state index in [0.717, 1.165) is 47.6 Å². The van der Waals surface area contributed by atoms with Crippen LogP contribution in [0.15, 0.2) is 60.7 Å². The molecule has 0 saturated carbocycles. The summed E-state index contributed by atoms with van der Waals surface area (Å²) < 4.78 is 30.6. The molecule has 1 aliphatic rings. The van der Waals surface area contributed by atoms with Crippen LogP contribution in [0.4, 0.5) is 9.52 Å². The molecule has 4 rings (SSSR count). The average Bonchev–Trinajstić information content (AvgIpc) is 3.51. The monoisotopic (exact) mass is 608 g/mol. The number of anilines is 1. The van der Waals surface area contributed by atoms with E-state index in [1.807, 2.05) is 6.92 Å². The minimum Gasteiger partial charge on any atom is -0.507 e. The Morgan fingerprint density at radius 1 is 1.12 bits per heavy atom. The number of esters is 1. The zero-order valence-electron chi connectivity index (χ0n) is 24.2. The number of thiazole rings is 1. The van der Waals surface area contributed by atoms with Crippen molar-refractivity contribution in [3.05, 3.63) is 88.2 Å². The fraction of sp³-hybridized carbons (Fsp3) is 0.312. The van der Waals surface area contributed by atoms with Gasteiger partial charge in [-0.2, -0.15) is 0 Å². The Balaban J connectivity index is 1.86. The second-order valence-corrected chi connectivity index (χ2v) is 10.6. The summed E-state index contributed by atoms with van der Waals surface area (Å²) in [5, 5.41) is 11.4. The minimum atomic E-state index is -1.15. The lowest BCUT2D eigenvalue weighted by Gasteiger charge is -2.24. The van der Waals surface area contributed by atoms with Gasteiger partial charge in [-0.3, -0.25) is 14.5 Å². The summed E-state index contributed by atoms with van der Waals surface area (Å²) in [4.78, 5) is 45.5. The fourth-order valence-corrected chi connectivity index (χ4v) is 5.59. The highest BCUT2D eigenvalue weighted by Gasteiger charge is 2.48. The van der Waals surface area contributed by atoms with Gasteiger partial charge in [-0.1, -0.05) is 49.8 Å². The zero-order chi connectivity index (χ0) is 31.1. The SMILES string of the molecule is C=CCOC(=O)c1sc(N2C(=O)C(=O)C(=C(O)c3ccc(F)cc3)C2c2ccc(OCCCCC)c(OCC)c2)nc1C. The number of halogens is 1. The van der Waals surface area contributed by atoms with Crippen LogP contribution in [0, 0.1) is 12.7 Å². The smallest absolute Gasteiger partial charge is 0.350 e. The molecule has 1 atom stereocenters. The molecule has 1 amide bonds. The first-order valence-electron chi connectivity index (χ1n) is 13.9. The van der Waals surface area contributed by atoms with Gasteiger partial charge < -0.3 is 19.3 Å². The number of carbonyl (C=O) groups is 3. The van der Waals surface area contributed by atoms with Crippen molar-refractivity contribution in [3.63, 3.8) is 0 Å². The van der Waals surface area contributed by atoms with E-state index < -0.39 is 35.3 Å². The number of nitrogens with zero attached hydrogens (tertiary/aromatic N) is 2. The highest BCUT2D eigenvalue weighted by molar-refractivity contribution is 7.17. The third-order valence-electron chi connectivity index (χ3n) is 6.66. The van der Waals surface area contributed by atoms with Crippen molar-refractivity contribution >= 4 is 39.9 Å². The number of ether oxygens (including phenoxy) is 3. The number of rotatable bonds is 13. The Morgan fingerprint density at radius 2 is 1.86 bits per heavy atom. The molecule has 3 aromatic rings. The second-order valence-electron chi connectivity index (χ2n) is 9.67. The summed E-state index contributed by atoms with van der Waals surface area (Å²) in [5.41, 5.74) is 0.656. The molecule has 0 radical (unpaired) electrons. The number of hydrogen-bond acceptors (Lipinski definition) is 9. The Kier molecular flexibility index (Phi) is 10.3. The standard InChI is InChI=1S/C32H33FN2O7S/c1-5-8-9-17-41-23-15-12-21(18-24(23)40-7-3)26-25(27(36)20-10-13-22(33)14-11-20)28(37)30(38)35(26)32-34-19(4)29(43-32)31(39)42-16-6-2/h6,10-15,18,26,36H,2,5,7-9,16-17H2,1,3-4H3. The van der Waals surface area contributed by atoms with Crippen molar-refractivity contribution in [2.24, 2.45) is 0 Å². The quantitative estimate of drug-likeness (QED) is 0.0582. The largest absolute Gasteiger partial charge is 0.507 e. The third kappa shape index (κ3) is 6.77. The van der Waals surface area contributed by atoms with Crippen molar-refractivity contribution in [3.8, 4) is 11.5 Å². The van der Waals surface area contributed by atoms with Crippen LogP contribution in [0.25, 0.3) is 5.76 Å². The first-order chi connectivity index (χ1) is 20.7. The molecule has 1 saturated heterocycles. The molecular weight excluding hydrogens is 575 g/mol. The lowest BCUT2D eigenvalue weighted by molar-refractivity contribution is -0.132. The summed E-state index contributed by atoms with van der Waals surface area (Å²) in [6.07, 6.45) is 4.34. The van der Waals surface area contributed by atoms with Gasteiger partial charge in [0.2, 0.25) is 0 Å². The number of Topliss-reactive ketones (excluding diaryl/α,β-unsaturated/α-hetero) is 1. The average molecular weight is 609 g/mol. The van der Waals surface area contributed by atoms with Crippen LogP contribution in [0.2, 0.25) is 0 Å². The van der Waals surface area contributed by atoms with Gasteiger partial charge in [-0.25, -0.2) is 14.2 Å². The maximum absolute atomic E-state index is 13.7. The number of aromatic nitrogens is 1. The number of aliphatic hydroxyl groups excluding tert-OH is 1. The van der Waals surface area contributed by atoms with Gasteiger partial charge >= 0.3 is 11.9 Å². The first-order valence-corrected chi connectivity index (χ1v) is 14.7. The lowest BCUT2D eigenvalue weighted by atomic mass is 9.95. The number of unbranched alkanes of at least 4 members (excludes halogenated alkanes) is 2. The molecule has 43 heavy (non-hydrogen) atoms. The van der Waals surface area contributed by atoms with Crippen molar-refractivity contribution in [1.29, 1.82) is 0 Å². The van der Waals surface area contributed by atoms with E-state index in [4.69, 9.17) is 14.2 Å². The molecule has 0 bridgehead atoms. The van der Waals surface area contributed by atoms with Gasteiger partial charge in [0.15, 0.2) is 16.6 Å². The van der Waals surface area contributed by atoms with Crippen LogP contribution in [-0.4, -0.2) is 47.6 Å². The molecule has 1 fully saturated rings. The third-order valence-corrected chi connectivity index (χ3v) is 7.80. The first kappa shape index (κ1) is 31.4. The van der Waals surface area contributed by atoms with E-state index in [0.29, 0.717) is 36.0 Å². The molecule has 0 spiro atoms. The van der Waals surface area contributed by atoms with Crippen molar-refractivity contribution in [2.75, 3.05) is 24.7 Å². The minimum absolute atomic E-state index is 0.0131. The fourth-order valence-electron chi connectivity index (χ4n) is 4.60. The summed E-state index contributed by atoms with van der Waals surface area (Å²) in [5.74, 6) is -2.69. The molecular formula is C32H33FN2O7S. The lowest BCUT2D eigenvalue weighted by Crippen LogP contribution is -2.29. The Morgan fingerprint density at radius 3 is 2.53 bits per heavy atom. The van der Waals surface area contributed by atoms with Crippen LogP contribution < -0.4 is 14.4 Å². The normalized spacial score (nSPS) is 15.9. The predicted molar refractivity (Wildman–Crippen MR) is 161 cm³/mol. The molecule has 11 heteroatoms. The Bertz CT molecular complexity index is 1550. The number of amides is 1. The van der Waals surface area contributed by atoms with Crippen molar-refractivity contribution in [1.82, 2.24) is 4.98 Å². The number of hydrogen-bond donors (Lipinski definition) is 1. The molecule has 1 unspecified atom stereocenters.